The number of rotatable bonds is 10. The molecule has 0 atom stereocenters. The topological polar surface area (TPSA) is 79.0 Å². The number of amides is 2. The Hall–Kier alpha value is -0.617. The van der Waals surface area contributed by atoms with Crippen molar-refractivity contribution in [2.24, 2.45) is 0 Å². The molecule has 9 heteroatoms. The molecule has 1 saturated heterocycles. The third-order valence-electron chi connectivity index (χ3n) is 4.13. The Bertz CT molecular complexity index is 420. The molecule has 0 aromatic carbocycles. The zero-order chi connectivity index (χ0) is 19.8. The molecule has 0 saturated carbocycles. The molecule has 0 aromatic heterocycles. The summed E-state index contributed by atoms with van der Waals surface area (Å²) in [5.74, 6) is -0.479. The van der Waals surface area contributed by atoms with Gasteiger partial charge < -0.3 is 33.2 Å². The zero-order valence-electron chi connectivity index (χ0n) is 17.3. The standard InChI is InChI=1S/C17H30N3O4.C2H5.2Co/c1-3-15(21)18-9-12-20(16(22)7-8-17(23)24-2)14-13-19-10-5-4-6-11-19;1-2;;/h4H,3,5-14H2,1-2H3,(H,18,21);1H2,2H3;;/q2*-1;;. The Morgan fingerprint density at radius 3 is 2.25 bits per heavy atom. The van der Waals surface area contributed by atoms with Crippen LogP contribution < -0.4 is 5.32 Å². The van der Waals surface area contributed by atoms with Gasteiger partial charge in [0.15, 0.2) is 0 Å². The van der Waals surface area contributed by atoms with E-state index < -0.39 is 0 Å². The number of methoxy groups -OCH3 is 1. The van der Waals surface area contributed by atoms with Crippen molar-refractivity contribution < 1.29 is 52.7 Å². The molecule has 0 unspecified atom stereocenters. The van der Waals surface area contributed by atoms with E-state index in [-0.39, 0.29) is 64.2 Å². The monoisotopic (exact) mass is 487 g/mol. The van der Waals surface area contributed by atoms with Crippen molar-refractivity contribution >= 4 is 17.8 Å². The van der Waals surface area contributed by atoms with Gasteiger partial charge in [-0.2, -0.15) is 19.8 Å². The van der Waals surface area contributed by atoms with E-state index in [4.69, 9.17) is 0 Å². The van der Waals surface area contributed by atoms with Crippen LogP contribution in [0, 0.1) is 13.3 Å². The van der Waals surface area contributed by atoms with Crippen molar-refractivity contribution in [3.05, 3.63) is 13.3 Å². The molecule has 0 bridgehead atoms. The molecular formula is C19H35Co2N3O4-2. The number of nitrogens with zero attached hydrogens (tertiary/aromatic N) is 2. The molecule has 170 valence electrons. The van der Waals surface area contributed by atoms with Gasteiger partial charge in [-0.15, -0.1) is 0 Å². The maximum absolute atomic E-state index is 12.4. The van der Waals surface area contributed by atoms with Crippen LogP contribution >= 0.6 is 0 Å². The van der Waals surface area contributed by atoms with E-state index in [0.29, 0.717) is 26.1 Å². The average molecular weight is 487 g/mol. The second kappa shape index (κ2) is 21.1. The number of carbonyl (C=O) groups is 3. The maximum atomic E-state index is 12.4. The number of esters is 1. The van der Waals surface area contributed by atoms with Gasteiger partial charge in [0, 0.05) is 72.6 Å². The van der Waals surface area contributed by atoms with E-state index in [1.165, 1.54) is 7.11 Å². The molecule has 1 aliphatic heterocycles. The van der Waals surface area contributed by atoms with E-state index >= 15 is 0 Å². The summed E-state index contributed by atoms with van der Waals surface area (Å²) in [5, 5.41) is 2.79. The minimum atomic E-state index is -0.380. The minimum absolute atomic E-state index is 0. The molecule has 28 heavy (non-hydrogen) atoms. The first-order valence-corrected chi connectivity index (χ1v) is 9.42. The largest absolute Gasteiger partial charge is 0.469 e. The first kappa shape index (κ1) is 32.1. The van der Waals surface area contributed by atoms with Crippen molar-refractivity contribution in [3.63, 3.8) is 0 Å². The van der Waals surface area contributed by atoms with Crippen LogP contribution in [0.5, 0.6) is 0 Å². The molecule has 0 aliphatic carbocycles. The number of likely N-dealkylation sites (tertiary alicyclic amines) is 1. The van der Waals surface area contributed by atoms with Gasteiger partial charge in [0.1, 0.15) is 0 Å². The van der Waals surface area contributed by atoms with E-state index in [0.717, 1.165) is 32.5 Å². The van der Waals surface area contributed by atoms with Crippen LogP contribution in [-0.2, 0) is 52.7 Å². The fourth-order valence-corrected chi connectivity index (χ4v) is 2.58. The van der Waals surface area contributed by atoms with Crippen molar-refractivity contribution in [1.82, 2.24) is 15.1 Å². The predicted molar refractivity (Wildman–Crippen MR) is 102 cm³/mol. The summed E-state index contributed by atoms with van der Waals surface area (Å²) in [5.41, 5.74) is 0. The summed E-state index contributed by atoms with van der Waals surface area (Å²) in [6, 6.07) is 0. The average Bonchev–Trinajstić information content (AvgIpc) is 2.70. The van der Waals surface area contributed by atoms with Gasteiger partial charge >= 0.3 is 5.97 Å². The smallest absolute Gasteiger partial charge is 0.306 e. The molecule has 1 heterocycles. The quantitative estimate of drug-likeness (QED) is 0.373. The Morgan fingerprint density at radius 2 is 1.71 bits per heavy atom. The molecule has 1 N–H and O–H groups in total. The molecule has 0 spiro atoms. The van der Waals surface area contributed by atoms with Crippen LogP contribution in [-0.4, -0.2) is 74.0 Å². The Balaban J connectivity index is -0.00000151. The van der Waals surface area contributed by atoms with Gasteiger partial charge in [0.05, 0.1) is 13.5 Å². The second-order valence-electron chi connectivity index (χ2n) is 5.87. The van der Waals surface area contributed by atoms with Gasteiger partial charge in [-0.05, 0) is 13.1 Å². The first-order chi connectivity index (χ1) is 12.6. The molecule has 1 rings (SSSR count). The summed E-state index contributed by atoms with van der Waals surface area (Å²) in [6.45, 7) is 11.2. The van der Waals surface area contributed by atoms with Gasteiger partial charge in [-0.3, -0.25) is 14.4 Å². The number of ether oxygens (including phenoxy) is 1. The van der Waals surface area contributed by atoms with E-state index in [1.54, 1.807) is 18.7 Å². The third kappa shape index (κ3) is 15.3. The van der Waals surface area contributed by atoms with Gasteiger partial charge in [-0.1, -0.05) is 6.92 Å². The zero-order valence-corrected chi connectivity index (χ0v) is 19.3. The number of piperidine rings is 1. The third-order valence-corrected chi connectivity index (χ3v) is 4.13. The summed E-state index contributed by atoms with van der Waals surface area (Å²) < 4.78 is 4.58. The predicted octanol–water partition coefficient (Wildman–Crippen LogP) is 1.43. The maximum Gasteiger partial charge on any atom is 0.306 e. The van der Waals surface area contributed by atoms with Crippen molar-refractivity contribution in [3.8, 4) is 0 Å². The molecule has 2 amide bonds. The van der Waals surface area contributed by atoms with Crippen LogP contribution in [0.4, 0.5) is 0 Å². The van der Waals surface area contributed by atoms with Gasteiger partial charge in [0.2, 0.25) is 11.8 Å². The summed E-state index contributed by atoms with van der Waals surface area (Å²) in [6.07, 6.45) is 5.12. The van der Waals surface area contributed by atoms with Crippen molar-refractivity contribution in [1.29, 1.82) is 0 Å². The summed E-state index contributed by atoms with van der Waals surface area (Å²) in [7, 11) is 1.32. The van der Waals surface area contributed by atoms with Gasteiger partial charge in [0.25, 0.3) is 0 Å². The normalized spacial score (nSPS) is 13.0. The van der Waals surface area contributed by atoms with Crippen LogP contribution in [0.25, 0.3) is 0 Å². The van der Waals surface area contributed by atoms with Crippen LogP contribution in [0.15, 0.2) is 0 Å². The second-order valence-corrected chi connectivity index (χ2v) is 5.87. The van der Waals surface area contributed by atoms with Crippen molar-refractivity contribution in [2.45, 2.75) is 46.0 Å². The molecule has 2 radical (unpaired) electrons. The van der Waals surface area contributed by atoms with Crippen LogP contribution in [0.3, 0.4) is 0 Å². The fraction of sp³-hybridized carbons (Fsp3) is 0.737. The summed E-state index contributed by atoms with van der Waals surface area (Å²) in [4.78, 5) is 39.0. The van der Waals surface area contributed by atoms with E-state index in [9.17, 15) is 14.4 Å². The number of hydrogen-bond acceptors (Lipinski definition) is 5. The Labute approximate surface area is 191 Å². The van der Waals surface area contributed by atoms with E-state index in [1.807, 2.05) is 0 Å². The molecule has 1 aliphatic rings. The summed E-state index contributed by atoms with van der Waals surface area (Å²) >= 11 is 0. The Morgan fingerprint density at radius 1 is 1.11 bits per heavy atom. The van der Waals surface area contributed by atoms with Crippen LogP contribution in [0.1, 0.15) is 46.0 Å². The molecule has 1 fully saturated rings. The number of carbonyl (C=O) groups excluding carboxylic acids is 3. The van der Waals surface area contributed by atoms with Crippen molar-refractivity contribution in [2.75, 3.05) is 46.4 Å². The van der Waals surface area contributed by atoms with Gasteiger partial charge in [-0.25, -0.2) is 0 Å². The number of hydrogen-bond donors (Lipinski definition) is 1. The van der Waals surface area contributed by atoms with E-state index in [2.05, 4.69) is 28.3 Å². The fourth-order valence-electron chi connectivity index (χ4n) is 2.58. The SMILES string of the molecule is CCC(=O)NCCN(CCN1CC[CH-]CC1)C(=O)CCC(=O)OC.[CH2-]C.[Co].[Co]. The molecule has 0 aromatic rings. The molecular weight excluding hydrogens is 452 g/mol. The first-order valence-electron chi connectivity index (χ1n) is 9.42. The Kier molecular flexibility index (Phi) is 24.2. The van der Waals surface area contributed by atoms with Crippen LogP contribution in [0.2, 0.25) is 0 Å². The number of nitrogens with one attached hydrogen (secondary N) is 1. The minimum Gasteiger partial charge on any atom is -0.469 e. The molecule has 7 nitrogen and oxygen atoms in total.